The summed E-state index contributed by atoms with van der Waals surface area (Å²) in [5, 5.41) is 3.15. The molecule has 4 nitrogen and oxygen atoms in total. The van der Waals surface area contributed by atoms with Crippen molar-refractivity contribution in [2.24, 2.45) is 0 Å². The van der Waals surface area contributed by atoms with Crippen LogP contribution in [0.4, 0.5) is 4.39 Å². The maximum atomic E-state index is 13.7. The van der Waals surface area contributed by atoms with E-state index in [1.807, 2.05) is 6.08 Å². The maximum Gasteiger partial charge on any atom is 0.243 e. The van der Waals surface area contributed by atoms with E-state index in [0.717, 1.165) is 25.1 Å². The topological polar surface area (TPSA) is 58.2 Å². The van der Waals surface area contributed by atoms with Crippen molar-refractivity contribution >= 4 is 10.0 Å². The molecule has 1 aromatic carbocycles. The minimum atomic E-state index is -3.79. The Labute approximate surface area is 112 Å². The van der Waals surface area contributed by atoms with Crippen molar-refractivity contribution in [3.63, 3.8) is 0 Å². The molecule has 0 fully saturated rings. The first-order chi connectivity index (χ1) is 8.99. The molecule has 1 aromatic rings. The lowest BCUT2D eigenvalue weighted by Gasteiger charge is -2.15. The smallest absolute Gasteiger partial charge is 0.243 e. The third-order valence-corrected chi connectivity index (χ3v) is 4.46. The first kappa shape index (κ1) is 14.2. The van der Waals surface area contributed by atoms with Crippen LogP contribution in [0.15, 0.2) is 34.7 Å². The lowest BCUT2D eigenvalue weighted by Crippen LogP contribution is -2.30. The molecule has 2 N–H and O–H groups in total. The molecule has 0 spiro atoms. The molecule has 1 aliphatic rings. The van der Waals surface area contributed by atoms with Crippen LogP contribution < -0.4 is 10.0 Å². The molecule has 2 rings (SSSR count). The Bertz CT molecular complexity index is 597. The van der Waals surface area contributed by atoms with Gasteiger partial charge >= 0.3 is 0 Å². The van der Waals surface area contributed by atoms with Crippen LogP contribution in [-0.2, 0) is 10.0 Å². The number of benzene rings is 1. The highest BCUT2D eigenvalue weighted by atomic mass is 32.2. The Balaban J connectivity index is 2.11. The van der Waals surface area contributed by atoms with Gasteiger partial charge in [-0.1, -0.05) is 17.7 Å². The van der Waals surface area contributed by atoms with Gasteiger partial charge in [-0.3, -0.25) is 0 Å². The van der Waals surface area contributed by atoms with E-state index in [4.69, 9.17) is 0 Å². The van der Waals surface area contributed by atoms with E-state index >= 15 is 0 Å². The van der Waals surface area contributed by atoms with Gasteiger partial charge in [0.15, 0.2) is 0 Å². The van der Waals surface area contributed by atoms with Crippen molar-refractivity contribution in [2.45, 2.75) is 18.2 Å². The first-order valence-corrected chi connectivity index (χ1v) is 7.62. The van der Waals surface area contributed by atoms with E-state index < -0.39 is 15.8 Å². The minimum absolute atomic E-state index is 0.233. The van der Waals surface area contributed by atoms with E-state index in [-0.39, 0.29) is 11.4 Å². The van der Waals surface area contributed by atoms with Crippen LogP contribution in [0.25, 0.3) is 0 Å². The molecule has 0 aromatic heterocycles. The molecule has 0 aliphatic carbocycles. The van der Waals surface area contributed by atoms with Crippen LogP contribution in [0.1, 0.15) is 12.0 Å². The summed E-state index contributed by atoms with van der Waals surface area (Å²) in [7, 11) is -3.79. The number of halogens is 1. The predicted octanol–water partition coefficient (Wildman–Crippen LogP) is 1.33. The van der Waals surface area contributed by atoms with Gasteiger partial charge < -0.3 is 5.32 Å². The van der Waals surface area contributed by atoms with E-state index in [1.54, 1.807) is 13.0 Å². The molecule has 1 heterocycles. The lowest BCUT2D eigenvalue weighted by atomic mass is 10.1. The fourth-order valence-electron chi connectivity index (χ4n) is 1.92. The standard InChI is InChI=1S/C13H17FN2O2S/c1-10-2-3-13(12(14)8-10)19(17,18)16-9-11-4-6-15-7-5-11/h2-4,8,15-16H,5-7,9H2,1H3. The average molecular weight is 284 g/mol. The predicted molar refractivity (Wildman–Crippen MR) is 71.9 cm³/mol. The van der Waals surface area contributed by atoms with E-state index in [0.29, 0.717) is 5.56 Å². The summed E-state index contributed by atoms with van der Waals surface area (Å²) >= 11 is 0. The normalized spacial score (nSPS) is 16.2. The Hall–Kier alpha value is -1.24. The van der Waals surface area contributed by atoms with E-state index in [2.05, 4.69) is 10.0 Å². The number of hydrogen-bond acceptors (Lipinski definition) is 3. The second kappa shape index (κ2) is 5.81. The van der Waals surface area contributed by atoms with Crippen molar-refractivity contribution in [2.75, 3.05) is 19.6 Å². The molecule has 19 heavy (non-hydrogen) atoms. The van der Waals surface area contributed by atoms with Crippen molar-refractivity contribution in [1.29, 1.82) is 0 Å². The molecular formula is C13H17FN2O2S. The van der Waals surface area contributed by atoms with Crippen LogP contribution in [0.2, 0.25) is 0 Å². The third kappa shape index (κ3) is 3.62. The van der Waals surface area contributed by atoms with Gasteiger partial charge in [0, 0.05) is 13.1 Å². The molecule has 104 valence electrons. The zero-order chi connectivity index (χ0) is 13.9. The molecular weight excluding hydrogens is 267 g/mol. The Morgan fingerprint density at radius 1 is 1.42 bits per heavy atom. The highest BCUT2D eigenvalue weighted by Crippen LogP contribution is 2.16. The summed E-state index contributed by atoms with van der Waals surface area (Å²) in [4.78, 5) is -0.298. The number of sulfonamides is 1. The van der Waals surface area contributed by atoms with Gasteiger partial charge in [-0.2, -0.15) is 0 Å². The second-order valence-electron chi connectivity index (χ2n) is 4.57. The van der Waals surface area contributed by atoms with Gasteiger partial charge in [-0.25, -0.2) is 17.5 Å². The van der Waals surface area contributed by atoms with Crippen LogP contribution in [0.5, 0.6) is 0 Å². The van der Waals surface area contributed by atoms with Crippen LogP contribution in [0.3, 0.4) is 0 Å². The summed E-state index contributed by atoms with van der Waals surface area (Å²) in [6, 6.07) is 4.10. The quantitative estimate of drug-likeness (QED) is 0.820. The maximum absolute atomic E-state index is 13.7. The summed E-state index contributed by atoms with van der Waals surface area (Å²) in [6.45, 7) is 3.53. The van der Waals surface area contributed by atoms with Gasteiger partial charge in [0.25, 0.3) is 0 Å². The molecule has 0 bridgehead atoms. The summed E-state index contributed by atoms with van der Waals surface area (Å²) in [6.07, 6.45) is 2.76. The number of aryl methyl sites for hydroxylation is 1. The van der Waals surface area contributed by atoms with Gasteiger partial charge in [0.1, 0.15) is 10.7 Å². The monoisotopic (exact) mass is 284 g/mol. The second-order valence-corrected chi connectivity index (χ2v) is 6.31. The SMILES string of the molecule is Cc1ccc(S(=O)(=O)NCC2=CCNCC2)c(F)c1. The van der Waals surface area contributed by atoms with Crippen molar-refractivity contribution in [1.82, 2.24) is 10.0 Å². The van der Waals surface area contributed by atoms with Gasteiger partial charge in [0.2, 0.25) is 10.0 Å². The minimum Gasteiger partial charge on any atom is -0.313 e. The Morgan fingerprint density at radius 3 is 2.84 bits per heavy atom. The summed E-state index contributed by atoms with van der Waals surface area (Å²) in [5.74, 6) is -0.716. The van der Waals surface area contributed by atoms with Crippen LogP contribution in [-0.4, -0.2) is 28.1 Å². The molecule has 1 aliphatic heterocycles. The largest absolute Gasteiger partial charge is 0.313 e. The average Bonchev–Trinajstić information content (AvgIpc) is 2.37. The van der Waals surface area contributed by atoms with Crippen LogP contribution >= 0.6 is 0 Å². The molecule has 0 amide bonds. The molecule has 6 heteroatoms. The highest BCUT2D eigenvalue weighted by Gasteiger charge is 2.19. The third-order valence-electron chi connectivity index (χ3n) is 3.02. The molecule has 0 saturated carbocycles. The van der Waals surface area contributed by atoms with Crippen molar-refractivity contribution in [3.8, 4) is 0 Å². The van der Waals surface area contributed by atoms with Crippen molar-refractivity contribution in [3.05, 3.63) is 41.2 Å². The molecule has 0 unspecified atom stereocenters. The lowest BCUT2D eigenvalue weighted by molar-refractivity contribution is 0.557. The molecule has 0 radical (unpaired) electrons. The molecule has 0 saturated heterocycles. The summed E-state index contributed by atoms with van der Waals surface area (Å²) in [5.41, 5.74) is 1.72. The van der Waals surface area contributed by atoms with Gasteiger partial charge in [-0.05, 0) is 37.6 Å². The van der Waals surface area contributed by atoms with Crippen LogP contribution in [0, 0.1) is 12.7 Å². The number of rotatable bonds is 4. The van der Waals surface area contributed by atoms with E-state index in [9.17, 15) is 12.8 Å². The highest BCUT2D eigenvalue weighted by molar-refractivity contribution is 7.89. The fourth-order valence-corrected chi connectivity index (χ4v) is 3.01. The number of nitrogens with one attached hydrogen (secondary N) is 2. The fraction of sp³-hybridized carbons (Fsp3) is 0.385. The Kier molecular flexibility index (Phi) is 4.34. The first-order valence-electron chi connectivity index (χ1n) is 6.13. The van der Waals surface area contributed by atoms with E-state index in [1.165, 1.54) is 12.1 Å². The zero-order valence-corrected chi connectivity index (χ0v) is 11.6. The summed E-state index contributed by atoms with van der Waals surface area (Å²) < 4.78 is 40.1. The van der Waals surface area contributed by atoms with Crippen molar-refractivity contribution < 1.29 is 12.8 Å². The van der Waals surface area contributed by atoms with Gasteiger partial charge in [-0.15, -0.1) is 0 Å². The Morgan fingerprint density at radius 2 is 2.21 bits per heavy atom. The number of hydrogen-bond donors (Lipinski definition) is 2. The zero-order valence-electron chi connectivity index (χ0n) is 10.7. The molecule has 0 atom stereocenters. The van der Waals surface area contributed by atoms with Gasteiger partial charge in [0.05, 0.1) is 0 Å².